The summed E-state index contributed by atoms with van der Waals surface area (Å²) in [6, 6.07) is 3.58. The van der Waals surface area contributed by atoms with E-state index in [-0.39, 0.29) is 11.0 Å². The van der Waals surface area contributed by atoms with Gasteiger partial charge in [-0.15, -0.1) is 0 Å². The highest BCUT2D eigenvalue weighted by Gasteiger charge is 2.58. The van der Waals surface area contributed by atoms with Crippen LogP contribution in [0.1, 0.15) is 57.1 Å². The van der Waals surface area contributed by atoms with Crippen molar-refractivity contribution in [1.29, 1.82) is 0 Å². The molecule has 114 valence electrons. The van der Waals surface area contributed by atoms with Crippen LogP contribution < -0.4 is 5.73 Å². The van der Waals surface area contributed by atoms with E-state index in [1.54, 1.807) is 0 Å². The van der Waals surface area contributed by atoms with Crippen LogP contribution in [0.5, 0.6) is 0 Å². The Kier molecular flexibility index (Phi) is 2.79. The van der Waals surface area contributed by atoms with Crippen LogP contribution in [0.2, 0.25) is 0 Å². The molecule has 4 saturated carbocycles. The molecule has 1 aromatic rings. The molecule has 0 aromatic heterocycles. The molecule has 0 amide bonds. The molecule has 0 aliphatic heterocycles. The van der Waals surface area contributed by atoms with Gasteiger partial charge in [0.2, 0.25) is 0 Å². The summed E-state index contributed by atoms with van der Waals surface area (Å²) in [5.74, 6) is 0.445. The molecule has 4 fully saturated rings. The first kappa shape index (κ1) is 13.7. The van der Waals surface area contributed by atoms with Gasteiger partial charge in [0.15, 0.2) is 0 Å². The first-order valence-electron chi connectivity index (χ1n) is 8.10. The van der Waals surface area contributed by atoms with Crippen LogP contribution in [0.4, 0.5) is 8.78 Å². The van der Waals surface area contributed by atoms with Crippen molar-refractivity contribution < 1.29 is 8.78 Å². The van der Waals surface area contributed by atoms with Gasteiger partial charge in [-0.3, -0.25) is 0 Å². The Balaban J connectivity index is 1.76. The summed E-state index contributed by atoms with van der Waals surface area (Å²) in [7, 11) is 0. The zero-order chi connectivity index (χ0) is 14.8. The Morgan fingerprint density at radius 3 is 2.19 bits per heavy atom. The van der Waals surface area contributed by atoms with Crippen LogP contribution in [0.15, 0.2) is 18.2 Å². The molecular weight excluding hydrogens is 268 g/mol. The lowest BCUT2D eigenvalue weighted by Crippen LogP contribution is -2.54. The summed E-state index contributed by atoms with van der Waals surface area (Å²) >= 11 is 0. The molecule has 0 spiro atoms. The fourth-order valence-electron chi connectivity index (χ4n) is 6.28. The SMILES string of the molecule is CC12CC3CC(C1)CC(C(N)c1c(F)cccc1F)(C3)C2. The van der Waals surface area contributed by atoms with Crippen LogP contribution in [-0.2, 0) is 0 Å². The van der Waals surface area contributed by atoms with Crippen LogP contribution in [-0.4, -0.2) is 0 Å². The van der Waals surface area contributed by atoms with Crippen LogP contribution in [0.3, 0.4) is 0 Å². The average molecular weight is 291 g/mol. The lowest BCUT2D eigenvalue weighted by Gasteiger charge is -2.63. The Hall–Kier alpha value is -0.960. The maximum atomic E-state index is 14.2. The van der Waals surface area contributed by atoms with Gasteiger partial charge in [0, 0.05) is 11.6 Å². The fraction of sp³-hybridized carbons (Fsp3) is 0.667. The van der Waals surface area contributed by atoms with Crippen molar-refractivity contribution in [3.63, 3.8) is 0 Å². The molecule has 1 nitrogen and oxygen atoms in total. The zero-order valence-electron chi connectivity index (χ0n) is 12.5. The topological polar surface area (TPSA) is 26.0 Å². The number of benzene rings is 1. The van der Waals surface area contributed by atoms with Gasteiger partial charge >= 0.3 is 0 Å². The van der Waals surface area contributed by atoms with Crippen molar-refractivity contribution in [1.82, 2.24) is 0 Å². The molecule has 2 N–H and O–H groups in total. The maximum absolute atomic E-state index is 14.2. The standard InChI is InChI=1S/C18H23F2N/c1-17-6-11-5-12(7-17)9-18(8-11,10-17)16(21)15-13(19)3-2-4-14(15)20/h2-4,11-12,16H,5-10,21H2,1H3. The van der Waals surface area contributed by atoms with E-state index < -0.39 is 17.7 Å². The molecule has 1 aromatic carbocycles. The van der Waals surface area contributed by atoms with Crippen LogP contribution >= 0.6 is 0 Å². The van der Waals surface area contributed by atoms with Crippen LogP contribution in [0, 0.1) is 34.3 Å². The highest BCUT2D eigenvalue weighted by atomic mass is 19.1. The first-order chi connectivity index (χ1) is 9.91. The minimum absolute atomic E-state index is 0.0954. The summed E-state index contributed by atoms with van der Waals surface area (Å²) in [6.45, 7) is 2.35. The van der Waals surface area contributed by atoms with Gasteiger partial charge < -0.3 is 5.73 Å². The van der Waals surface area contributed by atoms with Crippen molar-refractivity contribution >= 4 is 0 Å². The van der Waals surface area contributed by atoms with Gasteiger partial charge in [0.05, 0.1) is 0 Å². The summed E-state index contributed by atoms with van der Waals surface area (Å²) in [6.07, 6.45) is 6.98. The Bertz CT molecular complexity index is 548. The van der Waals surface area contributed by atoms with Crippen molar-refractivity contribution in [2.24, 2.45) is 28.4 Å². The minimum atomic E-state index is -0.510. The molecule has 0 radical (unpaired) electrons. The normalized spacial score (nSPS) is 42.3. The van der Waals surface area contributed by atoms with Gasteiger partial charge in [-0.25, -0.2) is 8.78 Å². The third-order valence-electron chi connectivity index (χ3n) is 6.37. The summed E-state index contributed by atoms with van der Waals surface area (Å²) in [4.78, 5) is 0. The Morgan fingerprint density at radius 2 is 1.67 bits per heavy atom. The summed E-state index contributed by atoms with van der Waals surface area (Å²) < 4.78 is 28.3. The number of rotatable bonds is 2. The van der Waals surface area contributed by atoms with Crippen molar-refractivity contribution in [2.45, 2.75) is 51.5 Å². The quantitative estimate of drug-likeness (QED) is 0.848. The van der Waals surface area contributed by atoms with Crippen molar-refractivity contribution in [3.8, 4) is 0 Å². The summed E-state index contributed by atoms with van der Waals surface area (Å²) in [5, 5.41) is 0. The third-order valence-corrected chi connectivity index (χ3v) is 6.37. The van der Waals surface area contributed by atoms with E-state index in [0.29, 0.717) is 17.3 Å². The smallest absolute Gasteiger partial charge is 0.130 e. The highest BCUT2D eigenvalue weighted by molar-refractivity contribution is 5.27. The highest BCUT2D eigenvalue weighted by Crippen LogP contribution is 2.68. The molecule has 3 unspecified atom stereocenters. The fourth-order valence-corrected chi connectivity index (χ4v) is 6.28. The molecule has 3 heteroatoms. The molecule has 3 atom stereocenters. The van der Waals surface area contributed by atoms with E-state index >= 15 is 0 Å². The van der Waals surface area contributed by atoms with Gasteiger partial charge in [-0.05, 0) is 73.3 Å². The summed E-state index contributed by atoms with van der Waals surface area (Å²) in [5.41, 5.74) is 6.83. The second-order valence-electron chi connectivity index (χ2n) is 8.25. The molecule has 5 rings (SSSR count). The molecule has 4 aliphatic carbocycles. The zero-order valence-corrected chi connectivity index (χ0v) is 12.5. The van der Waals surface area contributed by atoms with Gasteiger partial charge in [-0.1, -0.05) is 13.0 Å². The Labute approximate surface area is 124 Å². The van der Waals surface area contributed by atoms with E-state index in [1.165, 1.54) is 37.5 Å². The first-order valence-corrected chi connectivity index (χ1v) is 8.10. The second-order valence-corrected chi connectivity index (χ2v) is 8.25. The lowest BCUT2D eigenvalue weighted by atomic mass is 9.43. The van der Waals surface area contributed by atoms with Crippen molar-refractivity contribution in [3.05, 3.63) is 35.4 Å². The maximum Gasteiger partial charge on any atom is 0.130 e. The molecular formula is C18H23F2N. The number of nitrogens with two attached hydrogens (primary N) is 1. The van der Waals surface area contributed by atoms with E-state index in [0.717, 1.165) is 19.3 Å². The minimum Gasteiger partial charge on any atom is -0.323 e. The molecule has 0 saturated heterocycles. The van der Waals surface area contributed by atoms with Crippen LogP contribution in [0.25, 0.3) is 0 Å². The van der Waals surface area contributed by atoms with E-state index in [9.17, 15) is 8.78 Å². The van der Waals surface area contributed by atoms with Gasteiger partial charge in [-0.2, -0.15) is 0 Å². The number of hydrogen-bond acceptors (Lipinski definition) is 1. The van der Waals surface area contributed by atoms with E-state index in [4.69, 9.17) is 5.73 Å². The Morgan fingerprint density at radius 1 is 1.10 bits per heavy atom. The third kappa shape index (κ3) is 1.97. The predicted molar refractivity (Wildman–Crippen MR) is 78.5 cm³/mol. The number of hydrogen-bond donors (Lipinski definition) is 1. The largest absolute Gasteiger partial charge is 0.323 e. The molecule has 21 heavy (non-hydrogen) atoms. The van der Waals surface area contributed by atoms with Gasteiger partial charge in [0.1, 0.15) is 11.6 Å². The van der Waals surface area contributed by atoms with E-state index in [1.807, 2.05) is 0 Å². The molecule has 0 heterocycles. The number of halogens is 2. The average Bonchev–Trinajstić information content (AvgIpc) is 2.35. The van der Waals surface area contributed by atoms with Gasteiger partial charge in [0.25, 0.3) is 0 Å². The molecule has 4 aliphatic rings. The van der Waals surface area contributed by atoms with Crippen molar-refractivity contribution in [2.75, 3.05) is 0 Å². The predicted octanol–water partition coefficient (Wildman–Crippen LogP) is 4.57. The lowest BCUT2D eigenvalue weighted by molar-refractivity contribution is -0.114. The second kappa shape index (κ2) is 4.28. The molecule has 4 bridgehead atoms. The van der Waals surface area contributed by atoms with E-state index in [2.05, 4.69) is 6.92 Å². The monoisotopic (exact) mass is 291 g/mol.